The molecule has 5 heteroatoms. The summed E-state index contributed by atoms with van der Waals surface area (Å²) in [6, 6.07) is 2.50. The third kappa shape index (κ3) is 3.04. The first-order valence-corrected chi connectivity index (χ1v) is 8.62. The Morgan fingerprint density at radius 1 is 1.53 bits per heavy atom. The molecule has 1 unspecified atom stereocenters. The summed E-state index contributed by atoms with van der Waals surface area (Å²) in [5.74, 6) is 2.43. The molecule has 19 heavy (non-hydrogen) atoms. The van der Waals surface area contributed by atoms with E-state index >= 15 is 0 Å². The number of aryl methyl sites for hydroxylation is 3. The minimum atomic E-state index is 0.167. The maximum Gasteiger partial charge on any atom is 0.0521 e. The first-order valence-electron chi connectivity index (χ1n) is 6.64. The van der Waals surface area contributed by atoms with Crippen molar-refractivity contribution in [2.45, 2.75) is 31.1 Å². The van der Waals surface area contributed by atoms with E-state index in [1.54, 1.807) is 4.88 Å². The highest BCUT2D eigenvalue weighted by molar-refractivity contribution is 7.98. The van der Waals surface area contributed by atoms with E-state index < -0.39 is 0 Å². The molecule has 0 aliphatic carbocycles. The Kier molecular flexibility index (Phi) is 3.96. The van der Waals surface area contributed by atoms with Gasteiger partial charge in [0.1, 0.15) is 0 Å². The average molecular weight is 293 g/mol. The molecule has 0 amide bonds. The molecule has 0 saturated carbocycles. The van der Waals surface area contributed by atoms with Crippen molar-refractivity contribution in [3.05, 3.63) is 39.3 Å². The second-order valence-electron chi connectivity index (χ2n) is 5.07. The summed E-state index contributed by atoms with van der Waals surface area (Å²) in [7, 11) is 1.95. The summed E-state index contributed by atoms with van der Waals surface area (Å²) >= 11 is 3.96. The van der Waals surface area contributed by atoms with Crippen LogP contribution in [-0.4, -0.2) is 15.5 Å². The van der Waals surface area contributed by atoms with Crippen LogP contribution in [0.4, 0.5) is 0 Å². The zero-order valence-corrected chi connectivity index (χ0v) is 12.8. The fourth-order valence-electron chi connectivity index (χ4n) is 2.42. The van der Waals surface area contributed by atoms with Crippen LogP contribution in [0.2, 0.25) is 0 Å². The molecule has 3 heterocycles. The number of rotatable bonds is 4. The van der Waals surface area contributed by atoms with Gasteiger partial charge < -0.3 is 5.73 Å². The average Bonchev–Trinajstić information content (AvgIpc) is 3.01. The molecule has 102 valence electrons. The maximum absolute atomic E-state index is 6.34. The Morgan fingerprint density at radius 2 is 2.42 bits per heavy atom. The van der Waals surface area contributed by atoms with Gasteiger partial charge in [0.2, 0.25) is 0 Å². The highest BCUT2D eigenvalue weighted by Gasteiger charge is 2.17. The van der Waals surface area contributed by atoms with Gasteiger partial charge in [0, 0.05) is 34.8 Å². The van der Waals surface area contributed by atoms with Gasteiger partial charge in [-0.3, -0.25) is 4.68 Å². The van der Waals surface area contributed by atoms with E-state index in [9.17, 15) is 0 Å². The Balaban J connectivity index is 1.63. The lowest BCUT2D eigenvalue weighted by Gasteiger charge is -2.08. The van der Waals surface area contributed by atoms with Crippen molar-refractivity contribution in [1.82, 2.24) is 9.78 Å². The second kappa shape index (κ2) is 5.69. The summed E-state index contributed by atoms with van der Waals surface area (Å²) in [5.41, 5.74) is 9.13. The molecule has 0 spiro atoms. The molecule has 3 nitrogen and oxygen atoms in total. The maximum atomic E-state index is 6.34. The van der Waals surface area contributed by atoms with Gasteiger partial charge >= 0.3 is 0 Å². The van der Waals surface area contributed by atoms with Gasteiger partial charge in [0.25, 0.3) is 0 Å². The zero-order valence-electron chi connectivity index (χ0n) is 11.1. The van der Waals surface area contributed by atoms with Crippen molar-refractivity contribution < 1.29 is 0 Å². The number of nitrogens with zero attached hydrogens (tertiary/aromatic N) is 2. The van der Waals surface area contributed by atoms with Crippen LogP contribution in [0.25, 0.3) is 0 Å². The molecular weight excluding hydrogens is 274 g/mol. The number of fused-ring (bicyclic) bond motifs is 1. The standard InChI is InChI=1S/C14H19N3S2/c1-17-8-10(7-16-17)2-3-12(15)14-6-11-9-18-5-4-13(11)19-14/h6-8,12H,2-5,9,15H2,1H3. The Bertz CT molecular complexity index is 535. The first kappa shape index (κ1) is 13.2. The molecule has 1 aliphatic heterocycles. The van der Waals surface area contributed by atoms with Gasteiger partial charge in [-0.25, -0.2) is 0 Å². The Hall–Kier alpha value is -0.780. The van der Waals surface area contributed by atoms with Crippen LogP contribution in [0.1, 0.15) is 33.3 Å². The van der Waals surface area contributed by atoms with E-state index in [4.69, 9.17) is 5.73 Å². The normalized spacial score (nSPS) is 16.3. The second-order valence-corrected chi connectivity index (χ2v) is 7.34. The molecule has 3 rings (SSSR count). The highest BCUT2D eigenvalue weighted by Crippen LogP contribution is 2.34. The first-order chi connectivity index (χ1) is 9.22. The zero-order chi connectivity index (χ0) is 13.2. The molecule has 1 aliphatic rings. The molecule has 2 N–H and O–H groups in total. The van der Waals surface area contributed by atoms with Crippen LogP contribution in [0, 0.1) is 0 Å². The van der Waals surface area contributed by atoms with E-state index in [0.717, 1.165) is 12.8 Å². The van der Waals surface area contributed by atoms with Crippen molar-refractivity contribution in [1.29, 1.82) is 0 Å². The van der Waals surface area contributed by atoms with E-state index in [1.165, 1.54) is 33.9 Å². The van der Waals surface area contributed by atoms with E-state index in [0.29, 0.717) is 0 Å². The van der Waals surface area contributed by atoms with Crippen LogP contribution in [0.15, 0.2) is 18.5 Å². The minimum absolute atomic E-state index is 0.167. The molecule has 0 aromatic carbocycles. The highest BCUT2D eigenvalue weighted by atomic mass is 32.2. The van der Waals surface area contributed by atoms with E-state index in [1.807, 2.05) is 41.0 Å². The predicted octanol–water partition coefficient (Wildman–Crippen LogP) is 2.90. The van der Waals surface area contributed by atoms with E-state index in [2.05, 4.69) is 17.4 Å². The third-order valence-electron chi connectivity index (χ3n) is 3.51. The van der Waals surface area contributed by atoms with Crippen LogP contribution >= 0.6 is 23.1 Å². The summed E-state index contributed by atoms with van der Waals surface area (Å²) in [6.45, 7) is 0. The summed E-state index contributed by atoms with van der Waals surface area (Å²) in [6.07, 6.45) is 7.23. The van der Waals surface area contributed by atoms with Crippen molar-refractivity contribution in [2.24, 2.45) is 12.8 Å². The Morgan fingerprint density at radius 3 is 3.16 bits per heavy atom. The van der Waals surface area contributed by atoms with E-state index in [-0.39, 0.29) is 6.04 Å². The summed E-state index contributed by atoms with van der Waals surface area (Å²) < 4.78 is 1.85. The van der Waals surface area contributed by atoms with Crippen molar-refractivity contribution in [3.63, 3.8) is 0 Å². The fourth-order valence-corrected chi connectivity index (χ4v) is 4.83. The number of hydrogen-bond donors (Lipinski definition) is 1. The molecule has 2 aromatic rings. The van der Waals surface area contributed by atoms with Crippen LogP contribution < -0.4 is 5.73 Å². The lowest BCUT2D eigenvalue weighted by atomic mass is 10.1. The predicted molar refractivity (Wildman–Crippen MR) is 82.6 cm³/mol. The molecule has 0 radical (unpaired) electrons. The van der Waals surface area contributed by atoms with Crippen molar-refractivity contribution in [2.75, 3.05) is 5.75 Å². The lowest BCUT2D eigenvalue weighted by molar-refractivity contribution is 0.661. The summed E-state index contributed by atoms with van der Waals surface area (Å²) in [5, 5.41) is 4.20. The lowest BCUT2D eigenvalue weighted by Crippen LogP contribution is -2.09. The van der Waals surface area contributed by atoms with Crippen molar-refractivity contribution in [3.8, 4) is 0 Å². The topological polar surface area (TPSA) is 43.8 Å². The SMILES string of the molecule is Cn1cc(CCC(N)c2cc3c(s2)CCSC3)cn1. The molecular formula is C14H19N3S2. The Labute approximate surface area is 122 Å². The van der Waals surface area contributed by atoms with Gasteiger partial charge in [-0.15, -0.1) is 11.3 Å². The molecule has 0 fully saturated rings. The fraction of sp³-hybridized carbons (Fsp3) is 0.500. The van der Waals surface area contributed by atoms with Crippen molar-refractivity contribution >= 4 is 23.1 Å². The molecule has 0 bridgehead atoms. The number of aromatic nitrogens is 2. The van der Waals surface area contributed by atoms with Crippen LogP contribution in [-0.2, 0) is 25.6 Å². The number of nitrogens with two attached hydrogens (primary N) is 1. The molecule has 2 aromatic heterocycles. The number of thiophene rings is 1. The van der Waals surface area contributed by atoms with Gasteiger partial charge in [-0.1, -0.05) is 0 Å². The minimum Gasteiger partial charge on any atom is -0.323 e. The molecule has 0 saturated heterocycles. The quantitative estimate of drug-likeness (QED) is 0.942. The van der Waals surface area contributed by atoms with Gasteiger partial charge in [-0.2, -0.15) is 16.9 Å². The van der Waals surface area contributed by atoms with Gasteiger partial charge in [0.05, 0.1) is 6.20 Å². The van der Waals surface area contributed by atoms with Crippen LogP contribution in [0.3, 0.4) is 0 Å². The molecule has 1 atom stereocenters. The third-order valence-corrected chi connectivity index (χ3v) is 5.89. The number of hydrogen-bond acceptors (Lipinski definition) is 4. The van der Waals surface area contributed by atoms with Crippen LogP contribution in [0.5, 0.6) is 0 Å². The summed E-state index contributed by atoms with van der Waals surface area (Å²) in [4.78, 5) is 2.92. The largest absolute Gasteiger partial charge is 0.323 e. The van der Waals surface area contributed by atoms with Gasteiger partial charge in [-0.05, 0) is 42.2 Å². The monoisotopic (exact) mass is 293 g/mol. The van der Waals surface area contributed by atoms with Gasteiger partial charge in [0.15, 0.2) is 0 Å². The number of thioether (sulfide) groups is 1. The smallest absolute Gasteiger partial charge is 0.0521 e.